The molecule has 0 N–H and O–H groups in total. The van der Waals surface area contributed by atoms with E-state index in [9.17, 15) is 24.5 Å². The van der Waals surface area contributed by atoms with Crippen molar-refractivity contribution in [2.45, 2.75) is 32.1 Å². The lowest BCUT2D eigenvalue weighted by molar-refractivity contribution is -0.384. The maximum atomic E-state index is 12.3. The number of ether oxygens (including phenoxy) is 2. The Labute approximate surface area is 156 Å². The molecule has 0 aromatic heterocycles. The van der Waals surface area contributed by atoms with Gasteiger partial charge in [-0.15, -0.1) is 0 Å². The molecular weight excluding hydrogens is 356 g/mol. The summed E-state index contributed by atoms with van der Waals surface area (Å²) in [4.78, 5) is 48.1. The first-order valence-corrected chi connectivity index (χ1v) is 8.75. The molecule has 0 aliphatic carbocycles. The minimum Gasteiger partial charge on any atom is -0.465 e. The molecule has 0 radical (unpaired) electrons. The predicted molar refractivity (Wildman–Crippen MR) is 94.4 cm³/mol. The highest BCUT2D eigenvalue weighted by atomic mass is 16.6. The van der Waals surface area contributed by atoms with Crippen LogP contribution in [0, 0.1) is 10.1 Å². The maximum absolute atomic E-state index is 12.3. The van der Waals surface area contributed by atoms with E-state index >= 15 is 0 Å². The number of nitrogens with zero attached hydrogens (tertiary/aromatic N) is 2. The van der Waals surface area contributed by atoms with Crippen LogP contribution in [0.25, 0.3) is 0 Å². The average Bonchev–Trinajstić information content (AvgIpc) is 2.64. The molecular formula is C18H22N2O7. The lowest BCUT2D eigenvalue weighted by Gasteiger charge is -2.24. The van der Waals surface area contributed by atoms with Crippen molar-refractivity contribution < 1.29 is 28.8 Å². The molecule has 1 aliphatic heterocycles. The van der Waals surface area contributed by atoms with Crippen LogP contribution >= 0.6 is 0 Å². The number of non-ortho nitro benzene ring substituents is 1. The van der Waals surface area contributed by atoms with E-state index in [0.29, 0.717) is 13.1 Å². The van der Waals surface area contributed by atoms with Gasteiger partial charge in [0.1, 0.15) is 0 Å². The van der Waals surface area contributed by atoms with Crippen LogP contribution in [0.4, 0.5) is 5.69 Å². The smallest absolute Gasteiger partial charge is 0.338 e. The molecule has 1 fully saturated rings. The average molecular weight is 378 g/mol. The highest BCUT2D eigenvalue weighted by molar-refractivity contribution is 5.97. The summed E-state index contributed by atoms with van der Waals surface area (Å²) in [6, 6.07) is 3.14. The molecule has 2 rings (SSSR count). The van der Waals surface area contributed by atoms with E-state index in [4.69, 9.17) is 4.74 Å². The third-order valence-electron chi connectivity index (χ3n) is 4.32. The Hall–Kier alpha value is -2.97. The first-order chi connectivity index (χ1) is 12.9. The summed E-state index contributed by atoms with van der Waals surface area (Å²) in [5.41, 5.74) is -0.779. The summed E-state index contributed by atoms with van der Waals surface area (Å²) >= 11 is 0. The molecule has 0 bridgehead atoms. The predicted octanol–water partition coefficient (Wildman–Crippen LogP) is 2.33. The fourth-order valence-corrected chi connectivity index (χ4v) is 2.87. The van der Waals surface area contributed by atoms with Crippen LogP contribution in [-0.4, -0.2) is 54.5 Å². The number of carbonyl (C=O) groups is 3. The van der Waals surface area contributed by atoms with Crippen LogP contribution in [0.5, 0.6) is 0 Å². The number of hydrogen-bond donors (Lipinski definition) is 0. The summed E-state index contributed by atoms with van der Waals surface area (Å²) in [5.74, 6) is -2.03. The molecule has 9 heteroatoms. The van der Waals surface area contributed by atoms with Gasteiger partial charge in [0.2, 0.25) is 0 Å². The van der Waals surface area contributed by atoms with Gasteiger partial charge in [0.05, 0.1) is 23.2 Å². The second kappa shape index (κ2) is 9.65. The summed E-state index contributed by atoms with van der Waals surface area (Å²) < 4.78 is 9.54. The fraction of sp³-hybridized carbons (Fsp3) is 0.500. The number of benzene rings is 1. The minimum atomic E-state index is -0.913. The lowest BCUT2D eigenvalue weighted by atomic mass is 10.1. The number of hydrogen-bond acceptors (Lipinski definition) is 7. The second-order valence-corrected chi connectivity index (χ2v) is 6.24. The Balaban J connectivity index is 2.05. The zero-order valence-corrected chi connectivity index (χ0v) is 15.1. The molecule has 1 saturated heterocycles. The van der Waals surface area contributed by atoms with Crippen molar-refractivity contribution in [3.8, 4) is 0 Å². The van der Waals surface area contributed by atoms with Gasteiger partial charge in [0, 0.05) is 25.2 Å². The lowest BCUT2D eigenvalue weighted by Crippen LogP contribution is -2.36. The summed E-state index contributed by atoms with van der Waals surface area (Å²) in [7, 11) is 1.13. The van der Waals surface area contributed by atoms with Crippen molar-refractivity contribution in [2.75, 3.05) is 26.8 Å². The van der Waals surface area contributed by atoms with Crippen molar-refractivity contribution in [3.63, 3.8) is 0 Å². The summed E-state index contributed by atoms with van der Waals surface area (Å²) in [5, 5.41) is 11.0. The Morgan fingerprint density at radius 1 is 1.00 bits per heavy atom. The van der Waals surface area contributed by atoms with Crippen LogP contribution in [0.15, 0.2) is 18.2 Å². The van der Waals surface area contributed by atoms with Gasteiger partial charge in [-0.2, -0.15) is 0 Å². The van der Waals surface area contributed by atoms with Crippen molar-refractivity contribution in [1.29, 1.82) is 0 Å². The highest BCUT2D eigenvalue weighted by Crippen LogP contribution is 2.19. The van der Waals surface area contributed by atoms with E-state index in [-0.39, 0.29) is 17.0 Å². The highest BCUT2D eigenvalue weighted by Gasteiger charge is 2.21. The van der Waals surface area contributed by atoms with Crippen LogP contribution in [0.2, 0.25) is 0 Å². The van der Waals surface area contributed by atoms with Gasteiger partial charge in [0.15, 0.2) is 6.61 Å². The van der Waals surface area contributed by atoms with Gasteiger partial charge >= 0.3 is 11.9 Å². The van der Waals surface area contributed by atoms with Gasteiger partial charge < -0.3 is 14.4 Å². The molecule has 9 nitrogen and oxygen atoms in total. The number of rotatable bonds is 5. The van der Waals surface area contributed by atoms with E-state index < -0.39 is 29.2 Å². The monoisotopic (exact) mass is 378 g/mol. The third-order valence-corrected chi connectivity index (χ3v) is 4.32. The second-order valence-electron chi connectivity index (χ2n) is 6.24. The SMILES string of the molecule is COC(=O)c1cc(C(=O)OCC(=O)N2CCCCCCC2)cc([N+](=O)[O-])c1. The van der Waals surface area contributed by atoms with E-state index in [1.807, 2.05) is 0 Å². The molecule has 1 aromatic rings. The Morgan fingerprint density at radius 3 is 2.11 bits per heavy atom. The normalized spacial score (nSPS) is 14.6. The maximum Gasteiger partial charge on any atom is 0.338 e. The van der Waals surface area contributed by atoms with Crippen LogP contribution in [0.3, 0.4) is 0 Å². The number of nitro benzene ring substituents is 1. The van der Waals surface area contributed by atoms with Gasteiger partial charge in [-0.05, 0) is 18.9 Å². The van der Waals surface area contributed by atoms with E-state index in [2.05, 4.69) is 4.74 Å². The number of carbonyl (C=O) groups excluding carboxylic acids is 3. The first-order valence-electron chi connectivity index (χ1n) is 8.75. The molecule has 0 spiro atoms. The number of esters is 2. The van der Waals surface area contributed by atoms with E-state index in [1.165, 1.54) is 0 Å². The number of methoxy groups -OCH3 is 1. The topological polar surface area (TPSA) is 116 Å². The largest absolute Gasteiger partial charge is 0.465 e. The molecule has 0 unspecified atom stereocenters. The first kappa shape index (κ1) is 20.3. The summed E-state index contributed by atoms with van der Waals surface area (Å²) in [6.45, 7) is 0.800. The van der Waals surface area contributed by atoms with Crippen LogP contribution in [-0.2, 0) is 14.3 Å². The molecule has 146 valence electrons. The van der Waals surface area contributed by atoms with Crippen molar-refractivity contribution in [3.05, 3.63) is 39.4 Å². The molecule has 27 heavy (non-hydrogen) atoms. The minimum absolute atomic E-state index is 0.145. The van der Waals surface area contributed by atoms with Gasteiger partial charge in [-0.25, -0.2) is 9.59 Å². The van der Waals surface area contributed by atoms with Crippen molar-refractivity contribution in [1.82, 2.24) is 4.90 Å². The van der Waals surface area contributed by atoms with Gasteiger partial charge in [0.25, 0.3) is 11.6 Å². The van der Waals surface area contributed by atoms with Crippen LogP contribution in [0.1, 0.15) is 52.8 Å². The molecule has 1 aliphatic rings. The number of amides is 1. The Bertz CT molecular complexity index is 724. The standard InChI is InChI=1S/C18H22N2O7/c1-26-17(22)13-9-14(11-15(10-13)20(24)25)18(23)27-12-16(21)19-7-5-3-2-4-6-8-19/h9-11H,2-8,12H2,1H3. The van der Waals surface area contributed by atoms with Crippen molar-refractivity contribution in [2.24, 2.45) is 0 Å². The third kappa shape index (κ3) is 5.77. The van der Waals surface area contributed by atoms with Crippen LogP contribution < -0.4 is 0 Å². The number of likely N-dealkylation sites (tertiary alicyclic amines) is 1. The molecule has 1 heterocycles. The van der Waals surface area contributed by atoms with Gasteiger partial charge in [-0.1, -0.05) is 19.3 Å². The Morgan fingerprint density at radius 2 is 1.56 bits per heavy atom. The molecule has 0 atom stereocenters. The van der Waals surface area contributed by atoms with Gasteiger partial charge in [-0.3, -0.25) is 14.9 Å². The number of nitro groups is 1. The van der Waals surface area contributed by atoms with E-state index in [0.717, 1.165) is 57.4 Å². The molecule has 1 amide bonds. The molecule has 1 aromatic carbocycles. The van der Waals surface area contributed by atoms with Crippen molar-refractivity contribution >= 4 is 23.5 Å². The Kier molecular flexibility index (Phi) is 7.27. The zero-order valence-electron chi connectivity index (χ0n) is 15.1. The molecule has 0 saturated carbocycles. The zero-order chi connectivity index (χ0) is 19.8. The summed E-state index contributed by atoms with van der Waals surface area (Å²) in [6.07, 6.45) is 5.10. The fourth-order valence-electron chi connectivity index (χ4n) is 2.87. The van der Waals surface area contributed by atoms with E-state index in [1.54, 1.807) is 4.90 Å². The quantitative estimate of drug-likeness (QED) is 0.438.